The van der Waals surface area contributed by atoms with E-state index in [1.807, 2.05) is 12.1 Å². The van der Waals surface area contributed by atoms with E-state index in [-0.39, 0.29) is 5.91 Å². The Labute approximate surface area is 126 Å². The zero-order chi connectivity index (χ0) is 14.8. The maximum Gasteiger partial charge on any atom is 0.272 e. The number of amides is 1. The summed E-state index contributed by atoms with van der Waals surface area (Å²) in [5, 5.41) is 3.62. The molecule has 0 aromatic carbocycles. The Morgan fingerprint density at radius 3 is 2.95 bits per heavy atom. The molecule has 2 atom stereocenters. The molecule has 3 heterocycles. The number of rotatable bonds is 3. The molecule has 1 aromatic heterocycles. The minimum absolute atomic E-state index is 0.0356. The van der Waals surface area contributed by atoms with Gasteiger partial charge in [0.25, 0.3) is 5.91 Å². The minimum atomic E-state index is -0.0356. The molecule has 21 heavy (non-hydrogen) atoms. The van der Waals surface area contributed by atoms with Crippen molar-refractivity contribution >= 4 is 11.6 Å². The second kappa shape index (κ2) is 6.02. The van der Waals surface area contributed by atoms with E-state index in [1.165, 1.54) is 25.7 Å². The SMILES string of the molecule is CN(C)C(=O)c1cc(N2CCCC2C2CCCN2)ccn1. The number of carbonyl (C=O) groups excluding carboxylic acids is 1. The molecule has 1 aromatic rings. The summed E-state index contributed by atoms with van der Waals surface area (Å²) >= 11 is 0. The Balaban J connectivity index is 1.82. The summed E-state index contributed by atoms with van der Waals surface area (Å²) in [5.41, 5.74) is 1.66. The van der Waals surface area contributed by atoms with Crippen molar-refractivity contribution in [2.24, 2.45) is 0 Å². The van der Waals surface area contributed by atoms with Crippen molar-refractivity contribution in [1.29, 1.82) is 0 Å². The summed E-state index contributed by atoms with van der Waals surface area (Å²) in [6, 6.07) is 5.11. The van der Waals surface area contributed by atoms with Crippen molar-refractivity contribution in [1.82, 2.24) is 15.2 Å². The number of nitrogens with zero attached hydrogens (tertiary/aromatic N) is 3. The molecule has 1 amide bonds. The van der Waals surface area contributed by atoms with Crippen LogP contribution >= 0.6 is 0 Å². The molecule has 2 aliphatic heterocycles. The van der Waals surface area contributed by atoms with Gasteiger partial charge in [-0.25, -0.2) is 0 Å². The van der Waals surface area contributed by atoms with E-state index in [2.05, 4.69) is 15.2 Å². The Morgan fingerprint density at radius 2 is 2.24 bits per heavy atom. The molecule has 5 nitrogen and oxygen atoms in total. The van der Waals surface area contributed by atoms with E-state index < -0.39 is 0 Å². The maximum absolute atomic E-state index is 12.1. The summed E-state index contributed by atoms with van der Waals surface area (Å²) in [6.45, 7) is 2.21. The third kappa shape index (κ3) is 2.88. The second-order valence-corrected chi connectivity index (χ2v) is 6.20. The fourth-order valence-corrected chi connectivity index (χ4v) is 3.52. The molecule has 1 N–H and O–H groups in total. The first-order valence-corrected chi connectivity index (χ1v) is 7.84. The highest BCUT2D eigenvalue weighted by Gasteiger charge is 2.33. The number of nitrogens with one attached hydrogen (secondary N) is 1. The van der Waals surface area contributed by atoms with E-state index in [0.717, 1.165) is 18.8 Å². The lowest BCUT2D eigenvalue weighted by atomic mass is 10.0. The van der Waals surface area contributed by atoms with E-state index >= 15 is 0 Å². The largest absolute Gasteiger partial charge is 0.367 e. The molecule has 0 radical (unpaired) electrons. The minimum Gasteiger partial charge on any atom is -0.367 e. The van der Waals surface area contributed by atoms with Gasteiger partial charge in [-0.15, -0.1) is 0 Å². The first-order chi connectivity index (χ1) is 10.2. The quantitative estimate of drug-likeness (QED) is 0.916. The molecule has 0 saturated carbocycles. The molecule has 2 fully saturated rings. The van der Waals surface area contributed by atoms with Crippen LogP contribution < -0.4 is 10.2 Å². The topological polar surface area (TPSA) is 48.5 Å². The Hall–Kier alpha value is -1.62. The van der Waals surface area contributed by atoms with Crippen molar-refractivity contribution < 1.29 is 4.79 Å². The Bertz CT molecular complexity index is 511. The summed E-state index contributed by atoms with van der Waals surface area (Å²) in [4.78, 5) is 20.3. The van der Waals surface area contributed by atoms with E-state index in [9.17, 15) is 4.79 Å². The molecular weight excluding hydrogens is 264 g/mol. The summed E-state index contributed by atoms with van der Waals surface area (Å²) in [5.74, 6) is -0.0356. The van der Waals surface area contributed by atoms with Gasteiger partial charge in [0.15, 0.2) is 0 Å². The van der Waals surface area contributed by atoms with Crippen molar-refractivity contribution in [3.05, 3.63) is 24.0 Å². The number of hydrogen-bond donors (Lipinski definition) is 1. The molecule has 2 aliphatic rings. The maximum atomic E-state index is 12.1. The standard InChI is InChI=1S/C16H24N4O/c1-19(2)16(21)14-11-12(7-9-18-14)20-10-4-6-15(20)13-5-3-8-17-13/h7,9,11,13,15,17H,3-6,8,10H2,1-2H3. The lowest BCUT2D eigenvalue weighted by Crippen LogP contribution is -2.44. The van der Waals surface area contributed by atoms with Gasteiger partial charge in [-0.2, -0.15) is 0 Å². The van der Waals surface area contributed by atoms with Crippen LogP contribution in [0.25, 0.3) is 0 Å². The van der Waals surface area contributed by atoms with Crippen LogP contribution in [0.15, 0.2) is 18.3 Å². The van der Waals surface area contributed by atoms with Crippen LogP contribution in [0.4, 0.5) is 5.69 Å². The van der Waals surface area contributed by atoms with Gasteiger partial charge in [-0.1, -0.05) is 0 Å². The van der Waals surface area contributed by atoms with Gasteiger partial charge in [0.1, 0.15) is 5.69 Å². The van der Waals surface area contributed by atoms with E-state index in [4.69, 9.17) is 0 Å². The predicted molar refractivity (Wildman–Crippen MR) is 83.6 cm³/mol. The van der Waals surface area contributed by atoms with Gasteiger partial charge in [0, 0.05) is 44.6 Å². The van der Waals surface area contributed by atoms with Crippen LogP contribution in [0, 0.1) is 0 Å². The summed E-state index contributed by atoms with van der Waals surface area (Å²) in [6.07, 6.45) is 6.74. The van der Waals surface area contributed by atoms with Crippen molar-refractivity contribution in [3.8, 4) is 0 Å². The molecule has 0 aliphatic carbocycles. The monoisotopic (exact) mass is 288 g/mol. The number of aromatic nitrogens is 1. The average Bonchev–Trinajstić information content (AvgIpc) is 3.16. The summed E-state index contributed by atoms with van der Waals surface area (Å²) < 4.78 is 0. The van der Waals surface area contributed by atoms with Gasteiger partial charge in [-0.3, -0.25) is 9.78 Å². The summed E-state index contributed by atoms with van der Waals surface area (Å²) in [7, 11) is 3.52. The third-order valence-corrected chi connectivity index (χ3v) is 4.56. The van der Waals surface area contributed by atoms with Gasteiger partial charge in [0.05, 0.1) is 0 Å². The van der Waals surface area contributed by atoms with Crippen molar-refractivity contribution in [3.63, 3.8) is 0 Å². The van der Waals surface area contributed by atoms with Crippen LogP contribution in [0.1, 0.15) is 36.2 Å². The van der Waals surface area contributed by atoms with Crippen LogP contribution in [0.5, 0.6) is 0 Å². The molecule has 5 heteroatoms. The molecule has 114 valence electrons. The van der Waals surface area contributed by atoms with Crippen LogP contribution in [-0.4, -0.2) is 55.1 Å². The van der Waals surface area contributed by atoms with E-state index in [1.54, 1.807) is 25.2 Å². The molecule has 0 bridgehead atoms. The lowest BCUT2D eigenvalue weighted by molar-refractivity contribution is 0.0822. The van der Waals surface area contributed by atoms with Crippen molar-refractivity contribution in [2.45, 2.75) is 37.8 Å². The highest BCUT2D eigenvalue weighted by molar-refractivity contribution is 5.92. The first kappa shape index (κ1) is 14.3. The second-order valence-electron chi connectivity index (χ2n) is 6.20. The third-order valence-electron chi connectivity index (χ3n) is 4.56. The predicted octanol–water partition coefficient (Wildman–Crippen LogP) is 1.50. The average molecular weight is 288 g/mol. The molecule has 2 saturated heterocycles. The van der Waals surface area contributed by atoms with E-state index in [0.29, 0.717) is 17.8 Å². The highest BCUT2D eigenvalue weighted by atomic mass is 16.2. The fourth-order valence-electron chi connectivity index (χ4n) is 3.52. The number of carbonyl (C=O) groups is 1. The van der Waals surface area contributed by atoms with Crippen LogP contribution in [0.3, 0.4) is 0 Å². The zero-order valence-electron chi connectivity index (χ0n) is 12.9. The van der Waals surface area contributed by atoms with Gasteiger partial charge in [0.2, 0.25) is 0 Å². The number of hydrogen-bond acceptors (Lipinski definition) is 4. The molecular formula is C16H24N4O. The zero-order valence-corrected chi connectivity index (χ0v) is 12.9. The molecule has 2 unspecified atom stereocenters. The fraction of sp³-hybridized carbons (Fsp3) is 0.625. The number of anilines is 1. The Kier molecular flexibility index (Phi) is 4.10. The van der Waals surface area contributed by atoms with Gasteiger partial charge >= 0.3 is 0 Å². The van der Waals surface area contributed by atoms with Crippen LogP contribution in [-0.2, 0) is 0 Å². The molecule has 0 spiro atoms. The van der Waals surface area contributed by atoms with Crippen LogP contribution in [0.2, 0.25) is 0 Å². The highest BCUT2D eigenvalue weighted by Crippen LogP contribution is 2.30. The lowest BCUT2D eigenvalue weighted by Gasteiger charge is -2.31. The van der Waals surface area contributed by atoms with Gasteiger partial charge in [-0.05, 0) is 44.4 Å². The Morgan fingerprint density at radius 1 is 1.38 bits per heavy atom. The van der Waals surface area contributed by atoms with Gasteiger partial charge < -0.3 is 15.1 Å². The normalized spacial score (nSPS) is 25.3. The number of pyridine rings is 1. The first-order valence-electron chi connectivity index (χ1n) is 7.84. The smallest absolute Gasteiger partial charge is 0.272 e. The van der Waals surface area contributed by atoms with Crippen molar-refractivity contribution in [2.75, 3.05) is 32.1 Å². The molecule has 3 rings (SSSR count).